The fourth-order valence-electron chi connectivity index (χ4n) is 1.52. The zero-order valence-corrected chi connectivity index (χ0v) is 8.61. The first kappa shape index (κ1) is 9.71. The number of aliphatic carboxylic acids is 1. The lowest BCUT2D eigenvalue weighted by molar-refractivity contribution is -0.138. The van der Waals surface area contributed by atoms with E-state index in [1.165, 1.54) is 0 Å². The Kier molecular flexibility index (Phi) is 2.19. The second kappa shape index (κ2) is 3.38. The third kappa shape index (κ3) is 1.58. The number of hydrogen-bond acceptors (Lipinski definition) is 2. The van der Waals surface area contributed by atoms with Crippen LogP contribution in [0.15, 0.2) is 18.2 Å². The number of carbonyl (C=O) groups is 1. The Morgan fingerprint density at radius 2 is 2.27 bits per heavy atom. The highest BCUT2D eigenvalue weighted by Crippen LogP contribution is 2.19. The molecular formula is C11H12N2O2. The van der Waals surface area contributed by atoms with Gasteiger partial charge in [0, 0.05) is 0 Å². The summed E-state index contributed by atoms with van der Waals surface area (Å²) in [5, 5.41) is 8.87. The van der Waals surface area contributed by atoms with E-state index in [1.807, 2.05) is 25.1 Å². The van der Waals surface area contributed by atoms with Gasteiger partial charge in [-0.15, -0.1) is 0 Å². The van der Waals surface area contributed by atoms with Gasteiger partial charge in [-0.2, -0.15) is 0 Å². The fraction of sp³-hybridized carbons (Fsp3) is 0.273. The van der Waals surface area contributed by atoms with Gasteiger partial charge in [0.1, 0.15) is 11.7 Å². The van der Waals surface area contributed by atoms with Gasteiger partial charge in [-0.25, -0.2) is 4.98 Å². The highest BCUT2D eigenvalue weighted by Gasteiger charge is 2.17. The number of aryl methyl sites for hydroxylation is 1. The van der Waals surface area contributed by atoms with Gasteiger partial charge in [0.2, 0.25) is 0 Å². The number of hydrogen-bond donors (Lipinski definition) is 2. The van der Waals surface area contributed by atoms with Crippen LogP contribution < -0.4 is 0 Å². The van der Waals surface area contributed by atoms with E-state index in [0.29, 0.717) is 5.82 Å². The van der Waals surface area contributed by atoms with E-state index in [0.717, 1.165) is 16.6 Å². The molecule has 0 radical (unpaired) electrons. The summed E-state index contributed by atoms with van der Waals surface area (Å²) in [6.07, 6.45) is 0. The number of rotatable bonds is 2. The summed E-state index contributed by atoms with van der Waals surface area (Å²) in [4.78, 5) is 18.1. The maximum Gasteiger partial charge on any atom is 0.313 e. The molecule has 0 amide bonds. The lowest BCUT2D eigenvalue weighted by Crippen LogP contribution is -2.08. The molecular weight excluding hydrogens is 192 g/mol. The van der Waals surface area contributed by atoms with Gasteiger partial charge in [-0.05, 0) is 25.5 Å². The maximum absolute atomic E-state index is 10.8. The second-order valence-electron chi connectivity index (χ2n) is 3.65. The Labute approximate surface area is 87.0 Å². The van der Waals surface area contributed by atoms with Gasteiger partial charge in [0.05, 0.1) is 11.0 Å². The molecule has 0 aliphatic heterocycles. The third-order valence-electron chi connectivity index (χ3n) is 2.51. The maximum atomic E-state index is 10.8. The van der Waals surface area contributed by atoms with Gasteiger partial charge in [0.15, 0.2) is 0 Å². The molecule has 15 heavy (non-hydrogen) atoms. The smallest absolute Gasteiger partial charge is 0.313 e. The Balaban J connectivity index is 2.56. The summed E-state index contributed by atoms with van der Waals surface area (Å²) in [5.74, 6) is -0.963. The van der Waals surface area contributed by atoms with Crippen LogP contribution in [0, 0.1) is 6.92 Å². The molecule has 4 heteroatoms. The number of nitrogens with one attached hydrogen (secondary N) is 1. The molecule has 1 atom stereocenters. The highest BCUT2D eigenvalue weighted by atomic mass is 16.4. The van der Waals surface area contributed by atoms with E-state index >= 15 is 0 Å². The average Bonchev–Trinajstić information content (AvgIpc) is 2.61. The van der Waals surface area contributed by atoms with Crippen LogP contribution in [-0.4, -0.2) is 21.0 Å². The minimum absolute atomic E-state index is 0.506. The second-order valence-corrected chi connectivity index (χ2v) is 3.65. The van der Waals surface area contributed by atoms with Gasteiger partial charge < -0.3 is 10.1 Å². The fourth-order valence-corrected chi connectivity index (χ4v) is 1.52. The topological polar surface area (TPSA) is 66.0 Å². The number of aromatic amines is 1. The molecule has 1 aromatic carbocycles. The minimum atomic E-state index is -0.869. The Morgan fingerprint density at radius 1 is 1.53 bits per heavy atom. The lowest BCUT2D eigenvalue weighted by atomic mass is 10.2. The van der Waals surface area contributed by atoms with Crippen LogP contribution in [0.2, 0.25) is 0 Å². The van der Waals surface area contributed by atoms with Gasteiger partial charge in [0.25, 0.3) is 0 Å². The molecule has 1 unspecified atom stereocenters. The standard InChI is InChI=1S/C11H12N2O2/c1-6-4-3-5-8-9(6)13-10(12-8)7(2)11(14)15/h3-5,7H,1-2H3,(H,12,13)(H,14,15). The molecule has 4 nitrogen and oxygen atoms in total. The van der Waals surface area contributed by atoms with Crippen molar-refractivity contribution in [3.8, 4) is 0 Å². The van der Waals surface area contributed by atoms with Gasteiger partial charge in [-0.3, -0.25) is 4.79 Å². The highest BCUT2D eigenvalue weighted by molar-refractivity contribution is 5.81. The Hall–Kier alpha value is -1.84. The normalized spacial score (nSPS) is 12.9. The van der Waals surface area contributed by atoms with Crippen LogP contribution in [0.5, 0.6) is 0 Å². The molecule has 0 saturated carbocycles. The zero-order chi connectivity index (χ0) is 11.0. The molecule has 0 aliphatic carbocycles. The van der Waals surface area contributed by atoms with Crippen molar-refractivity contribution in [2.24, 2.45) is 0 Å². The third-order valence-corrected chi connectivity index (χ3v) is 2.51. The first-order valence-corrected chi connectivity index (χ1v) is 4.77. The molecule has 0 aliphatic rings. The molecule has 78 valence electrons. The van der Waals surface area contributed by atoms with Crippen LogP contribution in [-0.2, 0) is 4.79 Å². The Bertz CT molecular complexity index is 516. The van der Waals surface area contributed by atoms with E-state index in [-0.39, 0.29) is 0 Å². The monoisotopic (exact) mass is 204 g/mol. The first-order valence-electron chi connectivity index (χ1n) is 4.77. The molecule has 0 fully saturated rings. The molecule has 1 heterocycles. The van der Waals surface area contributed by atoms with E-state index in [4.69, 9.17) is 5.11 Å². The number of carboxylic acid groups (broad SMARTS) is 1. The predicted octanol–water partition coefficient (Wildman–Crippen LogP) is 2.06. The van der Waals surface area contributed by atoms with E-state index < -0.39 is 11.9 Å². The zero-order valence-electron chi connectivity index (χ0n) is 8.61. The van der Waals surface area contributed by atoms with Crippen molar-refractivity contribution in [1.29, 1.82) is 0 Å². The average molecular weight is 204 g/mol. The van der Waals surface area contributed by atoms with Crippen LogP contribution in [0.1, 0.15) is 24.2 Å². The van der Waals surface area contributed by atoms with Crippen LogP contribution in [0.3, 0.4) is 0 Å². The number of para-hydroxylation sites is 1. The van der Waals surface area contributed by atoms with E-state index in [1.54, 1.807) is 6.92 Å². The van der Waals surface area contributed by atoms with Crippen molar-refractivity contribution in [3.05, 3.63) is 29.6 Å². The number of H-pyrrole nitrogens is 1. The largest absolute Gasteiger partial charge is 0.481 e. The number of nitrogens with zero attached hydrogens (tertiary/aromatic N) is 1. The molecule has 0 spiro atoms. The van der Waals surface area contributed by atoms with Crippen molar-refractivity contribution in [3.63, 3.8) is 0 Å². The molecule has 0 saturated heterocycles. The number of fused-ring (bicyclic) bond motifs is 1. The predicted molar refractivity (Wildman–Crippen MR) is 56.9 cm³/mol. The Morgan fingerprint density at radius 3 is 2.87 bits per heavy atom. The summed E-state index contributed by atoms with van der Waals surface area (Å²) >= 11 is 0. The number of carboxylic acids is 1. The van der Waals surface area contributed by atoms with Gasteiger partial charge >= 0.3 is 5.97 Å². The summed E-state index contributed by atoms with van der Waals surface area (Å²) in [6, 6.07) is 5.77. The van der Waals surface area contributed by atoms with Crippen molar-refractivity contribution in [2.45, 2.75) is 19.8 Å². The van der Waals surface area contributed by atoms with Crippen LogP contribution in [0.25, 0.3) is 11.0 Å². The minimum Gasteiger partial charge on any atom is -0.481 e. The number of benzene rings is 1. The molecule has 2 aromatic rings. The molecule has 0 bridgehead atoms. The summed E-state index contributed by atoms with van der Waals surface area (Å²) in [5.41, 5.74) is 2.78. The SMILES string of the molecule is Cc1cccc2[nH]c(C(C)C(=O)O)nc12. The van der Waals surface area contributed by atoms with Crippen LogP contribution >= 0.6 is 0 Å². The summed E-state index contributed by atoms with van der Waals surface area (Å²) < 4.78 is 0. The summed E-state index contributed by atoms with van der Waals surface area (Å²) in [7, 11) is 0. The van der Waals surface area contributed by atoms with Crippen molar-refractivity contribution in [1.82, 2.24) is 9.97 Å². The van der Waals surface area contributed by atoms with Crippen molar-refractivity contribution < 1.29 is 9.90 Å². The molecule has 2 N–H and O–H groups in total. The van der Waals surface area contributed by atoms with Crippen molar-refractivity contribution in [2.75, 3.05) is 0 Å². The lowest BCUT2D eigenvalue weighted by Gasteiger charge is -1.99. The van der Waals surface area contributed by atoms with E-state index in [9.17, 15) is 4.79 Å². The number of imidazole rings is 1. The first-order chi connectivity index (χ1) is 7.09. The molecule has 1 aromatic heterocycles. The van der Waals surface area contributed by atoms with Gasteiger partial charge in [-0.1, -0.05) is 12.1 Å². The number of aromatic nitrogens is 2. The van der Waals surface area contributed by atoms with Crippen LogP contribution in [0.4, 0.5) is 0 Å². The molecule has 2 rings (SSSR count). The quantitative estimate of drug-likeness (QED) is 0.786. The van der Waals surface area contributed by atoms with E-state index in [2.05, 4.69) is 9.97 Å². The summed E-state index contributed by atoms with van der Waals surface area (Å²) in [6.45, 7) is 3.58. The van der Waals surface area contributed by atoms with Crippen molar-refractivity contribution >= 4 is 17.0 Å².